The Hall–Kier alpha value is -2.90. The number of ether oxygens (including phenoxy) is 2. The Kier molecular flexibility index (Phi) is 5.55. The Morgan fingerprint density at radius 2 is 2.07 bits per heavy atom. The summed E-state index contributed by atoms with van der Waals surface area (Å²) in [6, 6.07) is 10.5. The number of carbonyl (C=O) groups is 1. The number of halogens is 1. The van der Waals surface area contributed by atoms with Crippen molar-refractivity contribution in [2.24, 2.45) is 5.92 Å². The molecule has 3 heterocycles. The number of carbonyl (C=O) groups excluding carboxylic acids is 1. The van der Waals surface area contributed by atoms with Gasteiger partial charge in [-0.2, -0.15) is 0 Å². The van der Waals surface area contributed by atoms with Gasteiger partial charge in [-0.15, -0.1) is 0 Å². The minimum absolute atomic E-state index is 0.0988. The van der Waals surface area contributed by atoms with Crippen molar-refractivity contribution < 1.29 is 14.3 Å². The van der Waals surface area contributed by atoms with Gasteiger partial charge in [0.25, 0.3) is 5.91 Å². The average molecular weight is 399 g/mol. The predicted octanol–water partition coefficient (Wildman–Crippen LogP) is 3.77. The number of nitrogens with one attached hydrogen (secondary N) is 1. The topological polar surface area (TPSA) is 78.3 Å². The zero-order valence-electron chi connectivity index (χ0n) is 15.0. The smallest absolute Gasteiger partial charge is 0.255 e. The van der Waals surface area contributed by atoms with Gasteiger partial charge >= 0.3 is 0 Å². The highest BCUT2D eigenvalue weighted by molar-refractivity contribution is 6.30. The second-order valence-corrected chi connectivity index (χ2v) is 6.96. The molecule has 4 rings (SSSR count). The van der Waals surface area contributed by atoms with Gasteiger partial charge in [-0.1, -0.05) is 11.6 Å². The number of amides is 1. The molecule has 1 amide bonds. The first kappa shape index (κ1) is 18.5. The average Bonchev–Trinajstić information content (AvgIpc) is 3.38. The summed E-state index contributed by atoms with van der Waals surface area (Å²) in [5.74, 6) is 1.58. The fraction of sp³-hybridized carbons (Fsp3) is 0.250. The third-order valence-electron chi connectivity index (χ3n) is 4.51. The first-order valence-corrected chi connectivity index (χ1v) is 9.33. The standard InChI is InChI=1S/C20H19ClN4O3/c21-15-1-3-16(4-2-15)28-17-5-6-18(23-11-17)24-20(26)19-14(7-10-27-19)12-25-9-8-22-13-25/h1-6,8-9,11,13-14,19H,7,10,12H2,(H,23,24,26)/t14-,19-/m1/s1. The van der Waals surface area contributed by atoms with E-state index in [0.29, 0.717) is 35.5 Å². The highest BCUT2D eigenvalue weighted by atomic mass is 35.5. The molecule has 1 N–H and O–H groups in total. The molecule has 0 saturated carbocycles. The Morgan fingerprint density at radius 3 is 2.79 bits per heavy atom. The molecule has 0 bridgehead atoms. The van der Waals surface area contributed by atoms with Crippen LogP contribution in [0.2, 0.25) is 5.02 Å². The highest BCUT2D eigenvalue weighted by Gasteiger charge is 2.34. The van der Waals surface area contributed by atoms with Crippen molar-refractivity contribution in [3.8, 4) is 11.5 Å². The van der Waals surface area contributed by atoms with E-state index in [-0.39, 0.29) is 11.8 Å². The van der Waals surface area contributed by atoms with Crippen LogP contribution < -0.4 is 10.1 Å². The maximum atomic E-state index is 12.6. The molecule has 28 heavy (non-hydrogen) atoms. The van der Waals surface area contributed by atoms with Crippen LogP contribution in [0.5, 0.6) is 11.5 Å². The van der Waals surface area contributed by atoms with Gasteiger partial charge in [0.05, 0.1) is 12.5 Å². The highest BCUT2D eigenvalue weighted by Crippen LogP contribution is 2.25. The molecular formula is C20H19ClN4O3. The van der Waals surface area contributed by atoms with E-state index in [2.05, 4.69) is 15.3 Å². The van der Waals surface area contributed by atoms with Crippen LogP contribution in [-0.4, -0.2) is 33.2 Å². The van der Waals surface area contributed by atoms with E-state index in [9.17, 15) is 4.79 Å². The summed E-state index contributed by atoms with van der Waals surface area (Å²) in [5, 5.41) is 3.46. The first-order chi connectivity index (χ1) is 13.7. The van der Waals surface area contributed by atoms with Gasteiger partial charge in [-0.3, -0.25) is 4.79 Å². The normalized spacial score (nSPS) is 18.8. The van der Waals surface area contributed by atoms with Crippen LogP contribution in [0.1, 0.15) is 6.42 Å². The molecule has 1 saturated heterocycles. The number of anilines is 1. The van der Waals surface area contributed by atoms with Crippen molar-refractivity contribution in [1.29, 1.82) is 0 Å². The first-order valence-electron chi connectivity index (χ1n) is 8.95. The summed E-state index contributed by atoms with van der Waals surface area (Å²) in [4.78, 5) is 20.9. The van der Waals surface area contributed by atoms with E-state index >= 15 is 0 Å². The molecule has 1 aliphatic heterocycles. The van der Waals surface area contributed by atoms with Crippen LogP contribution in [-0.2, 0) is 16.1 Å². The zero-order chi connectivity index (χ0) is 19.3. The minimum atomic E-state index is -0.505. The molecule has 144 valence electrons. The number of hydrogen-bond acceptors (Lipinski definition) is 5. The fourth-order valence-corrected chi connectivity index (χ4v) is 3.25. The number of aromatic nitrogens is 3. The third-order valence-corrected chi connectivity index (χ3v) is 4.77. The summed E-state index contributed by atoms with van der Waals surface area (Å²) in [6.45, 7) is 1.26. The van der Waals surface area contributed by atoms with Gasteiger partial charge in [0.1, 0.15) is 23.4 Å². The maximum absolute atomic E-state index is 12.6. The van der Waals surface area contributed by atoms with Gasteiger partial charge in [0, 0.05) is 36.5 Å². The summed E-state index contributed by atoms with van der Waals surface area (Å²) >= 11 is 5.86. The van der Waals surface area contributed by atoms with Crippen LogP contribution in [0.25, 0.3) is 0 Å². The third kappa shape index (κ3) is 4.49. The van der Waals surface area contributed by atoms with Crippen molar-refractivity contribution in [2.75, 3.05) is 11.9 Å². The van der Waals surface area contributed by atoms with Crippen LogP contribution in [0.3, 0.4) is 0 Å². The molecule has 1 aromatic carbocycles. The van der Waals surface area contributed by atoms with E-state index in [1.54, 1.807) is 55.1 Å². The number of imidazole rings is 1. The summed E-state index contributed by atoms with van der Waals surface area (Å²) in [6.07, 6.45) is 7.24. The van der Waals surface area contributed by atoms with E-state index < -0.39 is 6.10 Å². The van der Waals surface area contributed by atoms with Crippen molar-refractivity contribution in [1.82, 2.24) is 14.5 Å². The Labute approximate surface area is 167 Å². The van der Waals surface area contributed by atoms with Crippen molar-refractivity contribution in [2.45, 2.75) is 19.1 Å². The molecule has 0 radical (unpaired) electrons. The summed E-state index contributed by atoms with van der Waals surface area (Å²) in [7, 11) is 0. The van der Waals surface area contributed by atoms with Gasteiger partial charge in [0.2, 0.25) is 0 Å². The summed E-state index contributed by atoms with van der Waals surface area (Å²) < 4.78 is 13.3. The Morgan fingerprint density at radius 1 is 1.25 bits per heavy atom. The monoisotopic (exact) mass is 398 g/mol. The molecule has 0 aliphatic carbocycles. The predicted molar refractivity (Wildman–Crippen MR) is 104 cm³/mol. The molecule has 0 spiro atoms. The van der Waals surface area contributed by atoms with Crippen LogP contribution in [0, 0.1) is 5.92 Å². The van der Waals surface area contributed by atoms with Crippen molar-refractivity contribution in [3.63, 3.8) is 0 Å². The van der Waals surface area contributed by atoms with Crippen LogP contribution in [0.4, 0.5) is 5.82 Å². The van der Waals surface area contributed by atoms with Gasteiger partial charge < -0.3 is 19.4 Å². The number of benzene rings is 1. The number of rotatable bonds is 6. The quantitative estimate of drug-likeness (QED) is 0.683. The molecule has 8 heteroatoms. The fourth-order valence-electron chi connectivity index (χ4n) is 3.13. The molecule has 2 aromatic heterocycles. The second kappa shape index (κ2) is 8.41. The lowest BCUT2D eigenvalue weighted by Gasteiger charge is -2.18. The molecular weight excluding hydrogens is 380 g/mol. The van der Waals surface area contributed by atoms with Gasteiger partial charge in [0.15, 0.2) is 0 Å². The number of hydrogen-bond donors (Lipinski definition) is 1. The largest absolute Gasteiger partial charge is 0.456 e. The Bertz CT molecular complexity index is 914. The van der Waals surface area contributed by atoms with Crippen LogP contribution >= 0.6 is 11.6 Å². The summed E-state index contributed by atoms with van der Waals surface area (Å²) in [5.41, 5.74) is 0. The number of pyridine rings is 1. The van der Waals surface area contributed by atoms with Crippen molar-refractivity contribution >= 4 is 23.3 Å². The lowest BCUT2D eigenvalue weighted by atomic mass is 10.0. The van der Waals surface area contributed by atoms with E-state index in [1.807, 2.05) is 10.8 Å². The minimum Gasteiger partial charge on any atom is -0.456 e. The molecule has 0 unspecified atom stereocenters. The van der Waals surface area contributed by atoms with Crippen LogP contribution in [0.15, 0.2) is 61.3 Å². The second-order valence-electron chi connectivity index (χ2n) is 6.52. The maximum Gasteiger partial charge on any atom is 0.255 e. The van der Waals surface area contributed by atoms with E-state index in [1.165, 1.54) is 0 Å². The van der Waals surface area contributed by atoms with Gasteiger partial charge in [-0.25, -0.2) is 9.97 Å². The van der Waals surface area contributed by atoms with E-state index in [0.717, 1.165) is 6.42 Å². The SMILES string of the molecule is O=C(Nc1ccc(Oc2ccc(Cl)cc2)cn1)[C@@H]1OCC[C@@H]1Cn1ccnc1. The van der Waals surface area contributed by atoms with Crippen molar-refractivity contribution in [3.05, 3.63) is 66.3 Å². The molecule has 3 aromatic rings. The lowest BCUT2D eigenvalue weighted by molar-refractivity contribution is -0.126. The van der Waals surface area contributed by atoms with Gasteiger partial charge in [-0.05, 0) is 42.8 Å². The van der Waals surface area contributed by atoms with E-state index in [4.69, 9.17) is 21.1 Å². The molecule has 1 aliphatic rings. The number of nitrogens with zero attached hydrogens (tertiary/aromatic N) is 3. The molecule has 2 atom stereocenters. The molecule has 7 nitrogen and oxygen atoms in total. The molecule has 1 fully saturated rings. The zero-order valence-corrected chi connectivity index (χ0v) is 15.7. The lowest BCUT2D eigenvalue weighted by Crippen LogP contribution is -2.34. The Balaban J connectivity index is 1.35.